The summed E-state index contributed by atoms with van der Waals surface area (Å²) in [5, 5.41) is 6.18. The van der Waals surface area contributed by atoms with Crippen molar-refractivity contribution in [3.05, 3.63) is 36.4 Å². The molecule has 0 radical (unpaired) electrons. The Labute approximate surface area is 121 Å². The molecule has 1 N–H and O–H groups in total. The summed E-state index contributed by atoms with van der Waals surface area (Å²) in [5.41, 5.74) is 2.50. The number of anilines is 2. The summed E-state index contributed by atoms with van der Waals surface area (Å²) in [7, 11) is 0. The van der Waals surface area contributed by atoms with Crippen molar-refractivity contribution in [1.82, 2.24) is 0 Å². The van der Waals surface area contributed by atoms with Crippen LogP contribution in [-0.2, 0) is 0 Å². The topological polar surface area (TPSA) is 15.3 Å². The Balaban J connectivity index is 2.14. The first-order valence-electron chi connectivity index (χ1n) is 7.32. The van der Waals surface area contributed by atoms with Gasteiger partial charge in [-0.25, -0.2) is 0 Å². The predicted octanol–water partition coefficient (Wildman–Crippen LogP) is 3.92. The van der Waals surface area contributed by atoms with Crippen LogP contribution in [0.3, 0.4) is 0 Å². The summed E-state index contributed by atoms with van der Waals surface area (Å²) >= 11 is 0. The van der Waals surface area contributed by atoms with Crippen LogP contribution in [-0.4, -0.2) is 13.5 Å². The number of nitrogens with one attached hydrogen (secondary N) is 1. The van der Waals surface area contributed by atoms with Gasteiger partial charge in [0.15, 0.2) is 0 Å². The summed E-state index contributed by atoms with van der Waals surface area (Å²) < 4.78 is 0. The van der Waals surface area contributed by atoms with Crippen molar-refractivity contribution in [2.24, 2.45) is 0 Å². The van der Waals surface area contributed by atoms with Crippen molar-refractivity contribution in [2.75, 3.05) is 16.6 Å². The van der Waals surface area contributed by atoms with Gasteiger partial charge in [-0.05, 0) is 30.9 Å². The molecule has 20 heavy (non-hydrogen) atoms. The van der Waals surface area contributed by atoms with Crippen LogP contribution in [0.5, 0.6) is 0 Å². The van der Waals surface area contributed by atoms with E-state index in [9.17, 15) is 0 Å². The lowest BCUT2D eigenvalue weighted by Crippen LogP contribution is -2.48. The predicted molar refractivity (Wildman–Crippen MR) is 89.0 cm³/mol. The van der Waals surface area contributed by atoms with Crippen molar-refractivity contribution in [3.63, 3.8) is 0 Å². The van der Waals surface area contributed by atoms with Gasteiger partial charge in [-0.3, -0.25) is 0 Å². The number of unbranched alkanes of at least 4 members (excludes halogenated alkanes) is 1. The SMILES string of the molecule is CC#CB1Nc2cccc3cccc(c23)N1CCCC. The van der Waals surface area contributed by atoms with Crippen LogP contribution in [0.25, 0.3) is 10.8 Å². The number of hydrogen-bond donors (Lipinski definition) is 1. The molecule has 1 aliphatic heterocycles. The Bertz CT molecular complexity index is 679. The molecule has 1 aliphatic rings. The van der Waals surface area contributed by atoms with E-state index < -0.39 is 0 Å². The lowest BCUT2D eigenvalue weighted by molar-refractivity contribution is 0.801. The fourth-order valence-electron chi connectivity index (χ4n) is 2.87. The molecule has 0 aliphatic carbocycles. The third-order valence-electron chi connectivity index (χ3n) is 3.83. The van der Waals surface area contributed by atoms with Gasteiger partial charge in [-0.15, -0.1) is 5.92 Å². The van der Waals surface area contributed by atoms with E-state index in [1.165, 1.54) is 35.0 Å². The molecule has 0 aromatic heterocycles. The van der Waals surface area contributed by atoms with Crippen LogP contribution in [0.15, 0.2) is 36.4 Å². The van der Waals surface area contributed by atoms with Gasteiger partial charge in [0.1, 0.15) is 0 Å². The van der Waals surface area contributed by atoms with Gasteiger partial charge in [0, 0.05) is 23.3 Å². The second-order valence-corrected chi connectivity index (χ2v) is 5.17. The number of benzene rings is 2. The number of hydrogen-bond acceptors (Lipinski definition) is 2. The maximum absolute atomic E-state index is 3.57. The molecule has 0 saturated heterocycles. The zero-order valence-corrected chi connectivity index (χ0v) is 12.1. The largest absolute Gasteiger partial charge is 0.463 e. The van der Waals surface area contributed by atoms with E-state index in [0.717, 1.165) is 6.54 Å². The molecule has 3 rings (SSSR count). The maximum atomic E-state index is 3.57. The lowest BCUT2D eigenvalue weighted by atomic mass is 9.71. The monoisotopic (exact) mass is 262 g/mol. The maximum Gasteiger partial charge on any atom is 0.463 e. The molecule has 0 amide bonds. The van der Waals surface area contributed by atoms with Crippen molar-refractivity contribution >= 4 is 29.1 Å². The van der Waals surface area contributed by atoms with Gasteiger partial charge in [-0.1, -0.05) is 43.4 Å². The highest BCUT2D eigenvalue weighted by atomic mass is 15.2. The molecule has 100 valence electrons. The van der Waals surface area contributed by atoms with Gasteiger partial charge in [0.05, 0.1) is 0 Å². The van der Waals surface area contributed by atoms with Crippen molar-refractivity contribution < 1.29 is 0 Å². The van der Waals surface area contributed by atoms with Crippen molar-refractivity contribution in [3.8, 4) is 11.7 Å². The van der Waals surface area contributed by atoms with Crippen molar-refractivity contribution in [2.45, 2.75) is 26.7 Å². The molecule has 2 nitrogen and oxygen atoms in total. The zero-order chi connectivity index (χ0) is 13.9. The van der Waals surface area contributed by atoms with E-state index in [4.69, 9.17) is 0 Å². The van der Waals surface area contributed by atoms with E-state index in [-0.39, 0.29) is 6.98 Å². The van der Waals surface area contributed by atoms with Gasteiger partial charge >= 0.3 is 6.98 Å². The minimum absolute atomic E-state index is 0.0760. The fraction of sp³-hybridized carbons (Fsp3) is 0.294. The van der Waals surface area contributed by atoms with Gasteiger partial charge in [0.2, 0.25) is 0 Å². The minimum atomic E-state index is 0.0760. The summed E-state index contributed by atoms with van der Waals surface area (Å²) in [6.45, 7) is 5.25. The Morgan fingerprint density at radius 3 is 2.75 bits per heavy atom. The quantitative estimate of drug-likeness (QED) is 0.666. The fourth-order valence-corrected chi connectivity index (χ4v) is 2.87. The summed E-state index contributed by atoms with van der Waals surface area (Å²) in [6.07, 6.45) is 2.38. The third-order valence-corrected chi connectivity index (χ3v) is 3.83. The normalized spacial score (nSPS) is 12.9. The average Bonchev–Trinajstić information content (AvgIpc) is 2.47. The second kappa shape index (κ2) is 5.50. The van der Waals surface area contributed by atoms with Crippen LogP contribution in [0.1, 0.15) is 26.7 Å². The van der Waals surface area contributed by atoms with Crippen molar-refractivity contribution in [1.29, 1.82) is 0 Å². The molecule has 1 heterocycles. The average molecular weight is 262 g/mol. The lowest BCUT2D eigenvalue weighted by Gasteiger charge is -2.35. The Kier molecular flexibility index (Phi) is 3.56. The second-order valence-electron chi connectivity index (χ2n) is 5.17. The highest BCUT2D eigenvalue weighted by Crippen LogP contribution is 2.37. The molecule has 0 fully saturated rings. The van der Waals surface area contributed by atoms with E-state index >= 15 is 0 Å². The van der Waals surface area contributed by atoms with Crippen LogP contribution >= 0.6 is 0 Å². The molecule has 0 spiro atoms. The van der Waals surface area contributed by atoms with Gasteiger partial charge in [-0.2, -0.15) is 0 Å². The molecule has 0 atom stereocenters. The van der Waals surface area contributed by atoms with Gasteiger partial charge in [0.25, 0.3) is 0 Å². The van der Waals surface area contributed by atoms with Crippen LogP contribution in [0.4, 0.5) is 11.4 Å². The molecule has 2 aromatic rings. The Hall–Kier alpha value is -2.08. The first kappa shape index (κ1) is 12.9. The number of nitrogens with zero attached hydrogens (tertiary/aromatic N) is 1. The Morgan fingerprint density at radius 2 is 2.00 bits per heavy atom. The molecule has 2 aromatic carbocycles. The summed E-state index contributed by atoms with van der Waals surface area (Å²) in [4.78, 5) is 2.40. The number of rotatable bonds is 3. The van der Waals surface area contributed by atoms with Crippen LogP contribution in [0.2, 0.25) is 0 Å². The van der Waals surface area contributed by atoms with Crippen LogP contribution in [0, 0.1) is 11.7 Å². The first-order chi connectivity index (χ1) is 9.85. The highest BCUT2D eigenvalue weighted by Gasteiger charge is 2.29. The standard InChI is InChI=1S/C17H19BN2/c1-3-5-13-20-16-11-7-9-14-8-6-10-15(17(14)16)19-18(20)12-4-2/h6-11,19H,3,5,13H2,1-2H3. The molecule has 0 unspecified atom stereocenters. The molecule has 0 bridgehead atoms. The summed E-state index contributed by atoms with van der Waals surface area (Å²) in [5.74, 6) is 6.34. The zero-order valence-electron chi connectivity index (χ0n) is 12.1. The Morgan fingerprint density at radius 1 is 1.20 bits per heavy atom. The van der Waals surface area contributed by atoms with Crippen LogP contribution < -0.4 is 10.0 Å². The van der Waals surface area contributed by atoms with E-state index in [1.54, 1.807) is 0 Å². The molecule has 0 saturated carbocycles. The highest BCUT2D eigenvalue weighted by molar-refractivity contribution is 6.76. The molecular formula is C17H19BN2. The van der Waals surface area contributed by atoms with E-state index in [2.05, 4.69) is 65.1 Å². The smallest absolute Gasteiger partial charge is 0.398 e. The minimum Gasteiger partial charge on any atom is -0.398 e. The third kappa shape index (κ3) is 2.12. The summed E-state index contributed by atoms with van der Waals surface area (Å²) in [6, 6.07) is 13.0. The first-order valence-corrected chi connectivity index (χ1v) is 7.32. The van der Waals surface area contributed by atoms with E-state index in [1.807, 2.05) is 6.92 Å². The molecular weight excluding hydrogens is 243 g/mol. The van der Waals surface area contributed by atoms with E-state index in [0.29, 0.717) is 0 Å². The van der Waals surface area contributed by atoms with Gasteiger partial charge < -0.3 is 10.0 Å². The molecule has 3 heteroatoms.